The fraction of sp³-hybridized carbons (Fsp3) is 0.250. The van der Waals surface area contributed by atoms with Crippen LogP contribution in [0, 0.1) is 5.92 Å². The molecule has 1 atom stereocenters. The first-order valence-corrected chi connectivity index (χ1v) is 7.78. The van der Waals surface area contributed by atoms with Gasteiger partial charge >= 0.3 is 5.97 Å². The average molecular weight is 290 g/mol. The molecule has 2 nitrogen and oxygen atoms in total. The number of carbonyl (C=O) groups is 1. The van der Waals surface area contributed by atoms with Gasteiger partial charge in [0.1, 0.15) is 0 Å². The van der Waals surface area contributed by atoms with Crippen molar-refractivity contribution in [3.05, 3.63) is 59.7 Å². The van der Waals surface area contributed by atoms with Gasteiger partial charge in [-0.15, -0.1) is 0 Å². The number of fused-ring (bicyclic) bond motifs is 5. The minimum absolute atomic E-state index is 0.00964. The van der Waals surface area contributed by atoms with Gasteiger partial charge in [0.15, 0.2) is 0 Å². The Morgan fingerprint density at radius 1 is 1.00 bits per heavy atom. The van der Waals surface area contributed by atoms with Crippen LogP contribution in [0.2, 0.25) is 0 Å². The molecule has 0 radical (unpaired) electrons. The van der Waals surface area contributed by atoms with E-state index in [1.54, 1.807) is 0 Å². The van der Waals surface area contributed by atoms with Crippen LogP contribution in [0.3, 0.4) is 0 Å². The number of carbonyl (C=O) groups excluding carboxylic acids is 1. The maximum atomic E-state index is 11.8. The molecule has 2 heteroatoms. The monoisotopic (exact) mass is 290 g/mol. The van der Waals surface area contributed by atoms with E-state index in [-0.39, 0.29) is 11.9 Å². The summed E-state index contributed by atoms with van der Waals surface area (Å²) in [4.78, 5) is 11.8. The normalized spacial score (nSPS) is 17.4. The van der Waals surface area contributed by atoms with E-state index in [0.29, 0.717) is 0 Å². The summed E-state index contributed by atoms with van der Waals surface area (Å²) in [5.41, 5.74) is 2.70. The fourth-order valence-electron chi connectivity index (χ4n) is 3.74. The zero-order chi connectivity index (χ0) is 15.1. The molecular formula is C20H18O2. The molecule has 0 aromatic heterocycles. The van der Waals surface area contributed by atoms with Crippen LogP contribution in [0.1, 0.15) is 17.5 Å². The van der Waals surface area contributed by atoms with Crippen LogP contribution in [0.5, 0.6) is 0 Å². The Morgan fingerprint density at radius 3 is 2.68 bits per heavy atom. The highest BCUT2D eigenvalue weighted by atomic mass is 16.5. The van der Waals surface area contributed by atoms with Crippen molar-refractivity contribution in [2.45, 2.75) is 19.3 Å². The molecule has 3 aromatic carbocycles. The van der Waals surface area contributed by atoms with E-state index in [1.807, 2.05) is 0 Å². The lowest BCUT2D eigenvalue weighted by Crippen LogP contribution is -2.23. The average Bonchev–Trinajstić information content (AvgIpc) is 2.59. The maximum absolute atomic E-state index is 11.8. The van der Waals surface area contributed by atoms with Crippen LogP contribution in [0.4, 0.5) is 0 Å². The highest BCUT2D eigenvalue weighted by Crippen LogP contribution is 2.35. The predicted molar refractivity (Wildman–Crippen MR) is 89.0 cm³/mol. The second kappa shape index (κ2) is 5.13. The fourth-order valence-corrected chi connectivity index (χ4v) is 3.74. The Bertz CT molecular complexity index is 879. The molecular weight excluding hydrogens is 272 g/mol. The van der Waals surface area contributed by atoms with Gasteiger partial charge in [0.05, 0.1) is 13.0 Å². The number of hydrogen-bond acceptors (Lipinski definition) is 2. The van der Waals surface area contributed by atoms with Gasteiger partial charge < -0.3 is 4.74 Å². The topological polar surface area (TPSA) is 26.3 Å². The molecule has 4 rings (SSSR count). The van der Waals surface area contributed by atoms with Gasteiger partial charge in [-0.25, -0.2) is 0 Å². The van der Waals surface area contributed by atoms with Crippen molar-refractivity contribution in [2.75, 3.05) is 7.11 Å². The highest BCUT2D eigenvalue weighted by molar-refractivity contribution is 6.08. The van der Waals surface area contributed by atoms with Gasteiger partial charge in [-0.2, -0.15) is 0 Å². The first-order chi connectivity index (χ1) is 10.8. The molecule has 1 unspecified atom stereocenters. The summed E-state index contributed by atoms with van der Waals surface area (Å²) >= 11 is 0. The molecule has 0 N–H and O–H groups in total. The second-order valence-corrected chi connectivity index (χ2v) is 6.05. The molecule has 1 aliphatic rings. The molecule has 0 amide bonds. The minimum Gasteiger partial charge on any atom is -0.469 e. The number of methoxy groups -OCH3 is 1. The van der Waals surface area contributed by atoms with Gasteiger partial charge in [0.2, 0.25) is 0 Å². The molecule has 3 aromatic rings. The third kappa shape index (κ3) is 1.98. The first kappa shape index (κ1) is 13.3. The molecule has 0 spiro atoms. The Hall–Kier alpha value is -2.35. The number of rotatable bonds is 1. The Kier molecular flexibility index (Phi) is 3.11. The standard InChI is InChI=1S/C20H18O2/c1-22-20(21)15-8-9-17-14(12-15)7-11-18-16-5-3-2-4-13(16)6-10-19(17)18/h2-7,10-11,15H,8-9,12H2,1H3. The van der Waals surface area contributed by atoms with E-state index in [4.69, 9.17) is 4.74 Å². The summed E-state index contributed by atoms with van der Waals surface area (Å²) < 4.78 is 4.91. The van der Waals surface area contributed by atoms with Crippen molar-refractivity contribution in [2.24, 2.45) is 5.92 Å². The third-order valence-electron chi connectivity index (χ3n) is 4.88. The highest BCUT2D eigenvalue weighted by Gasteiger charge is 2.26. The van der Waals surface area contributed by atoms with Gasteiger partial charge in [-0.1, -0.05) is 48.5 Å². The van der Waals surface area contributed by atoms with Crippen LogP contribution in [-0.4, -0.2) is 13.1 Å². The predicted octanol–water partition coefficient (Wildman–Crippen LogP) is 4.27. The molecule has 0 aliphatic heterocycles. The quantitative estimate of drug-likeness (QED) is 0.494. The van der Waals surface area contributed by atoms with Crippen molar-refractivity contribution >= 4 is 27.5 Å². The maximum Gasteiger partial charge on any atom is 0.309 e. The van der Waals surface area contributed by atoms with Crippen molar-refractivity contribution < 1.29 is 9.53 Å². The van der Waals surface area contributed by atoms with E-state index >= 15 is 0 Å². The Morgan fingerprint density at radius 2 is 1.82 bits per heavy atom. The van der Waals surface area contributed by atoms with Crippen LogP contribution in [0.25, 0.3) is 21.5 Å². The van der Waals surface area contributed by atoms with Gasteiger partial charge in [-0.3, -0.25) is 4.79 Å². The number of benzene rings is 3. The molecule has 0 saturated heterocycles. The van der Waals surface area contributed by atoms with E-state index in [2.05, 4.69) is 48.5 Å². The summed E-state index contributed by atoms with van der Waals surface area (Å²) in [6.07, 6.45) is 2.63. The minimum atomic E-state index is -0.0794. The number of hydrogen-bond donors (Lipinski definition) is 0. The molecule has 0 saturated carbocycles. The summed E-state index contributed by atoms with van der Waals surface area (Å²) in [5.74, 6) is -0.0698. The summed E-state index contributed by atoms with van der Waals surface area (Å²) in [6, 6.07) is 17.3. The molecule has 0 bridgehead atoms. The molecule has 0 heterocycles. The van der Waals surface area contributed by atoms with Crippen LogP contribution in [-0.2, 0) is 22.4 Å². The van der Waals surface area contributed by atoms with E-state index < -0.39 is 0 Å². The molecule has 0 fully saturated rings. The molecule has 22 heavy (non-hydrogen) atoms. The SMILES string of the molecule is COC(=O)C1CCc2c(ccc3c2ccc2ccccc23)C1. The molecule has 110 valence electrons. The lowest BCUT2D eigenvalue weighted by Gasteiger charge is -2.24. The van der Waals surface area contributed by atoms with Crippen molar-refractivity contribution in [1.82, 2.24) is 0 Å². The van der Waals surface area contributed by atoms with E-state index in [0.717, 1.165) is 19.3 Å². The summed E-state index contributed by atoms with van der Waals surface area (Å²) in [7, 11) is 1.48. The number of ether oxygens (including phenoxy) is 1. The van der Waals surface area contributed by atoms with Gasteiger partial charge in [0, 0.05) is 0 Å². The van der Waals surface area contributed by atoms with Crippen molar-refractivity contribution in [3.63, 3.8) is 0 Å². The largest absolute Gasteiger partial charge is 0.469 e. The van der Waals surface area contributed by atoms with Crippen molar-refractivity contribution in [3.8, 4) is 0 Å². The Labute approximate surface area is 129 Å². The zero-order valence-electron chi connectivity index (χ0n) is 12.6. The smallest absolute Gasteiger partial charge is 0.309 e. The van der Waals surface area contributed by atoms with Crippen LogP contribution in [0.15, 0.2) is 48.5 Å². The zero-order valence-corrected chi connectivity index (χ0v) is 12.6. The molecule has 1 aliphatic carbocycles. The van der Waals surface area contributed by atoms with E-state index in [1.165, 1.54) is 39.8 Å². The Balaban J connectivity index is 1.88. The third-order valence-corrected chi connectivity index (χ3v) is 4.88. The number of esters is 1. The first-order valence-electron chi connectivity index (χ1n) is 7.78. The summed E-state index contributed by atoms with van der Waals surface area (Å²) in [6.45, 7) is 0. The number of aryl methyl sites for hydroxylation is 1. The van der Waals surface area contributed by atoms with Crippen LogP contribution >= 0.6 is 0 Å². The lowest BCUT2D eigenvalue weighted by molar-refractivity contribution is -0.145. The lowest BCUT2D eigenvalue weighted by atomic mass is 9.81. The summed E-state index contributed by atoms with van der Waals surface area (Å²) in [5, 5.41) is 5.23. The van der Waals surface area contributed by atoms with Gasteiger partial charge in [0.25, 0.3) is 0 Å². The van der Waals surface area contributed by atoms with Crippen LogP contribution < -0.4 is 0 Å². The van der Waals surface area contributed by atoms with Gasteiger partial charge in [-0.05, 0) is 51.9 Å². The second-order valence-electron chi connectivity index (χ2n) is 6.05. The van der Waals surface area contributed by atoms with Crippen molar-refractivity contribution in [1.29, 1.82) is 0 Å². The van der Waals surface area contributed by atoms with E-state index in [9.17, 15) is 4.79 Å².